The molecule has 0 aliphatic rings. The molecule has 4 nitrogen and oxygen atoms in total. The number of rotatable bonds is 16. The summed E-state index contributed by atoms with van der Waals surface area (Å²) in [5.74, 6) is 0.328. The van der Waals surface area contributed by atoms with Gasteiger partial charge in [-0.3, -0.25) is 4.79 Å². The number of ether oxygens (including phenoxy) is 2. The highest BCUT2D eigenvalue weighted by atomic mass is 16.5. The van der Waals surface area contributed by atoms with Crippen LogP contribution in [0.3, 0.4) is 0 Å². The van der Waals surface area contributed by atoms with Crippen molar-refractivity contribution in [1.29, 1.82) is 0 Å². The van der Waals surface area contributed by atoms with Gasteiger partial charge >= 0.3 is 5.97 Å². The van der Waals surface area contributed by atoms with Crippen molar-refractivity contribution in [2.45, 2.75) is 98.5 Å². The molecule has 0 heterocycles. The number of hydrogen-bond acceptors (Lipinski definition) is 4. The lowest BCUT2D eigenvalue weighted by Gasteiger charge is -2.23. The third-order valence-corrected chi connectivity index (χ3v) is 4.82. The maximum Gasteiger partial charge on any atom is 0.311 e. The van der Waals surface area contributed by atoms with Crippen LogP contribution in [-0.4, -0.2) is 37.0 Å². The van der Waals surface area contributed by atoms with Crippen LogP contribution in [0.25, 0.3) is 0 Å². The monoisotopic (exact) mass is 358 g/mol. The standard InChI is InChI=1S/C21H42O4/c1-6-9-11-12-14-21(4,5)20(23)25-17-19(22)16-24-15-18(8-3)13-10-7-2/h18-19,22H,6-17H2,1-5H3. The molecule has 150 valence electrons. The van der Waals surface area contributed by atoms with Crippen LogP contribution in [0, 0.1) is 11.3 Å². The van der Waals surface area contributed by atoms with E-state index in [0.29, 0.717) is 12.5 Å². The zero-order valence-corrected chi connectivity index (χ0v) is 17.3. The Labute approximate surface area is 155 Å². The Balaban J connectivity index is 3.94. The van der Waals surface area contributed by atoms with E-state index in [0.717, 1.165) is 25.7 Å². The van der Waals surface area contributed by atoms with E-state index in [4.69, 9.17) is 9.47 Å². The number of esters is 1. The topological polar surface area (TPSA) is 55.8 Å². The second-order valence-electron chi connectivity index (χ2n) is 7.90. The largest absolute Gasteiger partial charge is 0.462 e. The molecule has 0 fully saturated rings. The van der Waals surface area contributed by atoms with Gasteiger partial charge in [0, 0.05) is 6.61 Å². The summed E-state index contributed by atoms with van der Waals surface area (Å²) in [5, 5.41) is 9.97. The molecule has 4 heteroatoms. The molecule has 0 aliphatic heterocycles. The maximum atomic E-state index is 12.2. The predicted molar refractivity (Wildman–Crippen MR) is 104 cm³/mol. The van der Waals surface area contributed by atoms with Gasteiger partial charge in [0.1, 0.15) is 12.7 Å². The van der Waals surface area contributed by atoms with Crippen molar-refractivity contribution >= 4 is 5.97 Å². The molecule has 0 spiro atoms. The number of hydrogen-bond donors (Lipinski definition) is 1. The summed E-state index contributed by atoms with van der Waals surface area (Å²) in [6, 6.07) is 0. The van der Waals surface area contributed by atoms with Crippen LogP contribution in [0.1, 0.15) is 92.4 Å². The van der Waals surface area contributed by atoms with Gasteiger partial charge in [0.05, 0.1) is 12.0 Å². The summed E-state index contributed by atoms with van der Waals surface area (Å²) in [4.78, 5) is 12.2. The molecule has 2 atom stereocenters. The van der Waals surface area contributed by atoms with Crippen LogP contribution in [0.5, 0.6) is 0 Å². The van der Waals surface area contributed by atoms with Crippen LogP contribution in [-0.2, 0) is 14.3 Å². The van der Waals surface area contributed by atoms with Gasteiger partial charge in [0.25, 0.3) is 0 Å². The molecule has 0 aromatic rings. The van der Waals surface area contributed by atoms with Gasteiger partial charge in [0.2, 0.25) is 0 Å². The first-order valence-corrected chi connectivity index (χ1v) is 10.3. The van der Waals surface area contributed by atoms with Gasteiger partial charge in [-0.05, 0) is 32.6 Å². The van der Waals surface area contributed by atoms with Gasteiger partial charge in [-0.15, -0.1) is 0 Å². The van der Waals surface area contributed by atoms with E-state index >= 15 is 0 Å². The summed E-state index contributed by atoms with van der Waals surface area (Å²) >= 11 is 0. The highest BCUT2D eigenvalue weighted by molar-refractivity contribution is 5.75. The highest BCUT2D eigenvalue weighted by Crippen LogP contribution is 2.25. The van der Waals surface area contributed by atoms with E-state index in [1.165, 1.54) is 32.1 Å². The Morgan fingerprint density at radius 3 is 2.24 bits per heavy atom. The summed E-state index contributed by atoms with van der Waals surface area (Å²) in [6.45, 7) is 11.3. The zero-order valence-electron chi connectivity index (χ0n) is 17.3. The van der Waals surface area contributed by atoms with Gasteiger partial charge in [-0.1, -0.05) is 65.7 Å². The lowest BCUT2D eigenvalue weighted by atomic mass is 9.87. The SMILES string of the molecule is CCCCCCC(C)(C)C(=O)OCC(O)COCC(CC)CCCC. The average molecular weight is 359 g/mol. The number of aliphatic hydroxyl groups excluding tert-OH is 1. The van der Waals surface area contributed by atoms with E-state index in [2.05, 4.69) is 20.8 Å². The van der Waals surface area contributed by atoms with Crippen molar-refractivity contribution < 1.29 is 19.4 Å². The lowest BCUT2D eigenvalue weighted by molar-refractivity contribution is -0.158. The normalized spacial score (nSPS) is 14.3. The molecule has 0 aliphatic carbocycles. The van der Waals surface area contributed by atoms with Crippen LogP contribution >= 0.6 is 0 Å². The second-order valence-corrected chi connectivity index (χ2v) is 7.90. The first-order valence-electron chi connectivity index (χ1n) is 10.3. The number of carbonyl (C=O) groups excluding carboxylic acids is 1. The fourth-order valence-corrected chi connectivity index (χ4v) is 2.78. The molecule has 25 heavy (non-hydrogen) atoms. The zero-order chi connectivity index (χ0) is 19.1. The van der Waals surface area contributed by atoms with Crippen molar-refractivity contribution in [3.63, 3.8) is 0 Å². The third kappa shape index (κ3) is 12.4. The first kappa shape index (κ1) is 24.4. The molecule has 0 aromatic carbocycles. The quantitative estimate of drug-likeness (QED) is 0.307. The summed E-state index contributed by atoms with van der Waals surface area (Å²) in [7, 11) is 0. The second kappa shape index (κ2) is 14.5. The van der Waals surface area contributed by atoms with Crippen molar-refractivity contribution in [3.05, 3.63) is 0 Å². The van der Waals surface area contributed by atoms with E-state index in [-0.39, 0.29) is 19.2 Å². The minimum atomic E-state index is -0.747. The molecule has 0 amide bonds. The van der Waals surface area contributed by atoms with Gasteiger partial charge < -0.3 is 14.6 Å². The Hall–Kier alpha value is -0.610. The fourth-order valence-electron chi connectivity index (χ4n) is 2.78. The summed E-state index contributed by atoms with van der Waals surface area (Å²) < 4.78 is 10.9. The Morgan fingerprint density at radius 1 is 0.960 bits per heavy atom. The van der Waals surface area contributed by atoms with Crippen LogP contribution < -0.4 is 0 Å². The average Bonchev–Trinajstić information content (AvgIpc) is 2.59. The van der Waals surface area contributed by atoms with E-state index in [9.17, 15) is 9.90 Å². The molecule has 0 saturated heterocycles. The molecule has 1 N–H and O–H groups in total. The number of aliphatic hydroxyl groups is 1. The van der Waals surface area contributed by atoms with E-state index in [1.54, 1.807) is 0 Å². The number of carbonyl (C=O) groups is 1. The Bertz CT molecular complexity index is 328. The lowest BCUT2D eigenvalue weighted by Crippen LogP contribution is -2.31. The molecule has 0 radical (unpaired) electrons. The minimum Gasteiger partial charge on any atom is -0.462 e. The predicted octanol–water partition coefficient (Wildman–Crippen LogP) is 5.12. The smallest absolute Gasteiger partial charge is 0.311 e. The molecule has 0 aromatic heterocycles. The van der Waals surface area contributed by atoms with Crippen LogP contribution in [0.15, 0.2) is 0 Å². The van der Waals surface area contributed by atoms with Gasteiger partial charge in [-0.25, -0.2) is 0 Å². The van der Waals surface area contributed by atoms with Crippen LogP contribution in [0.2, 0.25) is 0 Å². The third-order valence-electron chi connectivity index (χ3n) is 4.82. The van der Waals surface area contributed by atoms with Crippen molar-refractivity contribution in [1.82, 2.24) is 0 Å². The molecular formula is C21H42O4. The minimum absolute atomic E-state index is 0.0168. The fraction of sp³-hybridized carbons (Fsp3) is 0.952. The van der Waals surface area contributed by atoms with Crippen molar-refractivity contribution in [3.8, 4) is 0 Å². The molecular weight excluding hydrogens is 316 g/mol. The maximum absolute atomic E-state index is 12.2. The van der Waals surface area contributed by atoms with Crippen molar-refractivity contribution in [2.24, 2.45) is 11.3 Å². The number of unbranched alkanes of at least 4 members (excludes halogenated alkanes) is 4. The Kier molecular flexibility index (Phi) is 14.2. The van der Waals surface area contributed by atoms with E-state index < -0.39 is 11.5 Å². The summed E-state index contributed by atoms with van der Waals surface area (Å²) in [5.41, 5.74) is -0.484. The van der Waals surface area contributed by atoms with Gasteiger partial charge in [0.15, 0.2) is 0 Å². The molecule has 0 rings (SSSR count). The van der Waals surface area contributed by atoms with Crippen LogP contribution in [0.4, 0.5) is 0 Å². The van der Waals surface area contributed by atoms with Gasteiger partial charge in [-0.2, -0.15) is 0 Å². The van der Waals surface area contributed by atoms with Crippen molar-refractivity contribution in [2.75, 3.05) is 19.8 Å². The summed E-state index contributed by atoms with van der Waals surface area (Å²) in [6.07, 6.45) is 9.35. The Morgan fingerprint density at radius 2 is 1.64 bits per heavy atom. The van der Waals surface area contributed by atoms with E-state index in [1.807, 2.05) is 13.8 Å². The highest BCUT2D eigenvalue weighted by Gasteiger charge is 2.29. The first-order chi connectivity index (χ1) is 11.9. The molecule has 0 saturated carbocycles. The molecule has 2 unspecified atom stereocenters. The molecule has 0 bridgehead atoms.